The molecule has 0 atom stereocenters. The normalized spacial score (nSPS) is 18.0. The molecule has 0 spiro atoms. The lowest BCUT2D eigenvalue weighted by Gasteiger charge is -2.10. The van der Waals surface area contributed by atoms with Crippen molar-refractivity contribution in [1.82, 2.24) is 4.90 Å². The van der Waals surface area contributed by atoms with Crippen molar-refractivity contribution in [3.63, 3.8) is 0 Å². The van der Waals surface area contributed by atoms with Crippen molar-refractivity contribution in [3.05, 3.63) is 17.5 Å². The van der Waals surface area contributed by atoms with Gasteiger partial charge in [0.05, 0.1) is 12.1 Å². The Morgan fingerprint density at radius 2 is 2.20 bits per heavy atom. The van der Waals surface area contributed by atoms with Crippen LogP contribution in [0.15, 0.2) is 17.5 Å². The van der Waals surface area contributed by atoms with Gasteiger partial charge in [0.15, 0.2) is 0 Å². The van der Waals surface area contributed by atoms with E-state index in [1.165, 1.54) is 11.1 Å². The smallest absolute Gasteiger partial charge is 0.369 e. The molecule has 0 radical (unpaired) electrons. The molecule has 56 valence electrons. The van der Waals surface area contributed by atoms with Gasteiger partial charge in [0.2, 0.25) is 0 Å². The van der Waals surface area contributed by atoms with Gasteiger partial charge in [-0.3, -0.25) is 0 Å². The van der Waals surface area contributed by atoms with Crippen molar-refractivity contribution in [3.8, 4) is 0 Å². The van der Waals surface area contributed by atoms with Crippen molar-refractivity contribution in [2.24, 2.45) is 0 Å². The standard InChI is InChI=1S/C6H6F3N/c1-10-3-2-5(4-10)6(7,8)9/h3H,4H2,1H3. The van der Waals surface area contributed by atoms with Gasteiger partial charge >= 0.3 is 6.18 Å². The summed E-state index contributed by atoms with van der Waals surface area (Å²) in [6, 6.07) is 0. The molecule has 1 nitrogen and oxygen atoms in total. The lowest BCUT2D eigenvalue weighted by molar-refractivity contribution is -0.0933. The molecular weight excluding hydrogens is 143 g/mol. The third-order valence-corrected chi connectivity index (χ3v) is 1.21. The molecule has 1 heterocycles. The van der Waals surface area contributed by atoms with Gasteiger partial charge in [-0.25, -0.2) is 0 Å². The molecular formula is C6H6F3N. The van der Waals surface area contributed by atoms with Crippen molar-refractivity contribution in [2.75, 3.05) is 13.6 Å². The third-order valence-electron chi connectivity index (χ3n) is 1.21. The second-order valence-corrected chi connectivity index (χ2v) is 2.16. The molecule has 1 rings (SSSR count). The van der Waals surface area contributed by atoms with E-state index in [0.717, 1.165) is 0 Å². The topological polar surface area (TPSA) is 3.24 Å². The Balaban J connectivity index is 2.72. The maximum Gasteiger partial charge on any atom is 0.421 e. The summed E-state index contributed by atoms with van der Waals surface area (Å²) in [6.07, 6.45) is -2.91. The molecule has 1 aliphatic heterocycles. The van der Waals surface area contributed by atoms with E-state index in [1.807, 2.05) is 0 Å². The predicted molar refractivity (Wildman–Crippen MR) is 30.3 cm³/mol. The van der Waals surface area contributed by atoms with Crippen LogP contribution in [-0.2, 0) is 0 Å². The first-order valence-corrected chi connectivity index (χ1v) is 2.73. The fraction of sp³-hybridized carbons (Fsp3) is 0.500. The number of rotatable bonds is 0. The van der Waals surface area contributed by atoms with Gasteiger partial charge in [-0.1, -0.05) is 5.73 Å². The first kappa shape index (κ1) is 7.22. The number of hydrogen-bond donors (Lipinski definition) is 0. The van der Waals surface area contributed by atoms with Gasteiger partial charge in [0.25, 0.3) is 0 Å². The molecule has 0 amide bonds. The minimum atomic E-state index is -4.21. The zero-order valence-corrected chi connectivity index (χ0v) is 5.37. The second-order valence-electron chi connectivity index (χ2n) is 2.16. The molecule has 10 heavy (non-hydrogen) atoms. The molecule has 0 aromatic heterocycles. The van der Waals surface area contributed by atoms with Crippen LogP contribution in [0.25, 0.3) is 0 Å². The van der Waals surface area contributed by atoms with Crippen LogP contribution >= 0.6 is 0 Å². The molecule has 0 N–H and O–H groups in total. The van der Waals surface area contributed by atoms with Gasteiger partial charge in [-0.2, -0.15) is 13.2 Å². The third kappa shape index (κ3) is 1.33. The highest BCUT2D eigenvalue weighted by Gasteiger charge is 2.35. The molecule has 0 saturated heterocycles. The maximum atomic E-state index is 11.8. The monoisotopic (exact) mass is 149 g/mol. The summed E-state index contributed by atoms with van der Waals surface area (Å²) in [7, 11) is 1.58. The van der Waals surface area contributed by atoms with Crippen molar-refractivity contribution < 1.29 is 13.2 Å². The van der Waals surface area contributed by atoms with Gasteiger partial charge in [0.1, 0.15) is 0 Å². The zero-order chi connectivity index (χ0) is 7.78. The first-order chi connectivity index (χ1) is 4.50. The van der Waals surface area contributed by atoms with Gasteiger partial charge in [-0.05, 0) is 0 Å². The minimum Gasteiger partial charge on any atom is -0.369 e. The van der Waals surface area contributed by atoms with E-state index in [1.54, 1.807) is 7.05 Å². The van der Waals surface area contributed by atoms with Crippen LogP contribution in [0, 0.1) is 0 Å². The van der Waals surface area contributed by atoms with E-state index >= 15 is 0 Å². The van der Waals surface area contributed by atoms with Gasteiger partial charge < -0.3 is 4.90 Å². The highest BCUT2D eigenvalue weighted by molar-refractivity contribution is 5.15. The summed E-state index contributed by atoms with van der Waals surface area (Å²) < 4.78 is 35.4. The van der Waals surface area contributed by atoms with E-state index in [-0.39, 0.29) is 6.54 Å². The van der Waals surface area contributed by atoms with Gasteiger partial charge in [-0.15, -0.1) is 0 Å². The van der Waals surface area contributed by atoms with Crippen molar-refractivity contribution >= 4 is 0 Å². The van der Waals surface area contributed by atoms with E-state index in [0.29, 0.717) is 0 Å². The van der Waals surface area contributed by atoms with Crippen LogP contribution in [-0.4, -0.2) is 24.7 Å². The maximum absolute atomic E-state index is 11.8. The quantitative estimate of drug-likeness (QED) is 0.472. The summed E-state index contributed by atoms with van der Waals surface area (Å²) >= 11 is 0. The lowest BCUT2D eigenvalue weighted by Crippen LogP contribution is -2.19. The largest absolute Gasteiger partial charge is 0.421 e. The van der Waals surface area contributed by atoms with Crippen LogP contribution in [0.4, 0.5) is 13.2 Å². The average molecular weight is 149 g/mol. The summed E-state index contributed by atoms with van der Waals surface area (Å²) in [5.41, 5.74) is 1.54. The lowest BCUT2D eigenvalue weighted by atomic mass is 10.3. The highest BCUT2D eigenvalue weighted by Crippen LogP contribution is 2.26. The Morgan fingerprint density at radius 1 is 1.60 bits per heavy atom. The molecule has 0 bridgehead atoms. The number of halogens is 3. The first-order valence-electron chi connectivity index (χ1n) is 2.73. The van der Waals surface area contributed by atoms with E-state index < -0.39 is 11.7 Å². The Bertz CT molecular complexity index is 198. The SMILES string of the molecule is CN1C=C=C(C(F)(F)F)C1. The fourth-order valence-corrected chi connectivity index (χ4v) is 0.700. The van der Waals surface area contributed by atoms with Crippen LogP contribution in [0.1, 0.15) is 0 Å². The van der Waals surface area contributed by atoms with E-state index in [4.69, 9.17) is 0 Å². The summed E-state index contributed by atoms with van der Waals surface area (Å²) in [5, 5.41) is 0. The Morgan fingerprint density at radius 3 is 2.40 bits per heavy atom. The average Bonchev–Trinajstić information content (AvgIpc) is 2.11. The highest BCUT2D eigenvalue weighted by atomic mass is 19.4. The number of nitrogens with zero attached hydrogens (tertiary/aromatic N) is 1. The molecule has 0 aromatic carbocycles. The molecule has 0 unspecified atom stereocenters. The van der Waals surface area contributed by atoms with Crippen LogP contribution < -0.4 is 0 Å². The number of alkyl halides is 3. The molecule has 4 heteroatoms. The summed E-state index contributed by atoms with van der Waals surface area (Å²) in [6.45, 7) is -0.0799. The molecule has 0 aromatic rings. The second kappa shape index (κ2) is 2.06. The van der Waals surface area contributed by atoms with Crippen molar-refractivity contribution in [1.29, 1.82) is 0 Å². The molecule has 0 fully saturated rings. The summed E-state index contributed by atoms with van der Waals surface area (Å²) in [4.78, 5) is 1.43. The van der Waals surface area contributed by atoms with Gasteiger partial charge in [0, 0.05) is 13.2 Å². The van der Waals surface area contributed by atoms with Crippen LogP contribution in [0.2, 0.25) is 0 Å². The minimum absolute atomic E-state index is 0.0799. The Hall–Kier alpha value is -0.890. The Labute approximate surface area is 56.4 Å². The predicted octanol–water partition coefficient (Wildman–Crippen LogP) is 1.53. The zero-order valence-electron chi connectivity index (χ0n) is 5.37. The number of likely N-dealkylation sites (N-methyl/N-ethyl adjacent to an activating group) is 1. The van der Waals surface area contributed by atoms with Crippen molar-refractivity contribution in [2.45, 2.75) is 6.18 Å². The molecule has 0 aliphatic carbocycles. The van der Waals surface area contributed by atoms with Crippen LogP contribution in [0.5, 0.6) is 0 Å². The summed E-state index contributed by atoms with van der Waals surface area (Å²) in [5.74, 6) is 0. The van der Waals surface area contributed by atoms with E-state index in [2.05, 4.69) is 5.73 Å². The fourth-order valence-electron chi connectivity index (χ4n) is 0.700. The molecule has 0 saturated carbocycles. The number of hydrogen-bond acceptors (Lipinski definition) is 1. The Kier molecular flexibility index (Phi) is 1.49. The van der Waals surface area contributed by atoms with Crippen LogP contribution in [0.3, 0.4) is 0 Å². The van der Waals surface area contributed by atoms with E-state index in [9.17, 15) is 13.2 Å². The molecule has 1 aliphatic rings.